The van der Waals surface area contributed by atoms with Gasteiger partial charge in [-0.3, -0.25) is 29.8 Å². The third kappa shape index (κ3) is 10.4. The van der Waals surface area contributed by atoms with E-state index < -0.39 is 58.8 Å². The Bertz CT molecular complexity index is 1930. The second-order valence-corrected chi connectivity index (χ2v) is 21.9. The molecule has 2 aromatic rings. The van der Waals surface area contributed by atoms with Gasteiger partial charge in [-0.1, -0.05) is 46.8 Å². The van der Waals surface area contributed by atoms with Gasteiger partial charge in [0.05, 0.1) is 62.1 Å². The number of hydrogen-bond acceptors (Lipinski definition) is 12. The van der Waals surface area contributed by atoms with E-state index in [0.717, 1.165) is 16.5 Å². The molecule has 2 atom stereocenters. The minimum Gasteiger partial charge on any atom is -0.493 e. The van der Waals surface area contributed by atoms with E-state index in [4.69, 9.17) is 23.4 Å². The zero-order chi connectivity index (χ0) is 43.3. The number of carbonyl (C=O) groups excluding carboxylic acids is 2. The summed E-state index contributed by atoms with van der Waals surface area (Å²) in [5, 5.41) is 34.0. The topological polar surface area (TPSA) is 210 Å². The summed E-state index contributed by atoms with van der Waals surface area (Å²) in [4.78, 5) is 65.0. The van der Waals surface area contributed by atoms with Crippen LogP contribution in [0.3, 0.4) is 0 Å². The lowest BCUT2D eigenvalue weighted by Gasteiger charge is -2.38. The summed E-state index contributed by atoms with van der Waals surface area (Å²) in [7, 11) is 0.580. The summed E-state index contributed by atoms with van der Waals surface area (Å²) in [5.74, 6) is -2.13. The van der Waals surface area contributed by atoms with Gasteiger partial charge in [-0.15, -0.1) is 0 Å². The minimum absolute atomic E-state index is 0.0345. The van der Waals surface area contributed by atoms with Crippen molar-refractivity contribution in [1.82, 2.24) is 9.80 Å². The van der Waals surface area contributed by atoms with Gasteiger partial charge in [-0.25, -0.2) is 4.79 Å². The molecule has 1 N–H and O–H groups in total. The normalized spacial score (nSPS) is 17.9. The van der Waals surface area contributed by atoms with Crippen LogP contribution in [-0.2, 0) is 9.22 Å². The van der Waals surface area contributed by atoms with Crippen LogP contribution in [0.15, 0.2) is 36.4 Å². The molecular formula is C40H56N4O13Si. The molecule has 0 aromatic heterocycles. The van der Waals surface area contributed by atoms with E-state index in [1.807, 2.05) is 13.8 Å². The van der Waals surface area contributed by atoms with Crippen molar-refractivity contribution in [2.75, 3.05) is 47.1 Å². The largest absolute Gasteiger partial charge is 0.493 e. The van der Waals surface area contributed by atoms with Crippen molar-refractivity contribution in [2.24, 2.45) is 5.41 Å². The molecule has 58 heavy (non-hydrogen) atoms. The molecule has 0 spiro atoms. The van der Waals surface area contributed by atoms with Crippen molar-refractivity contribution in [1.29, 1.82) is 0 Å². The maximum Gasteiger partial charge on any atom is 0.326 e. The van der Waals surface area contributed by atoms with Gasteiger partial charge in [0.1, 0.15) is 17.2 Å². The molecule has 318 valence electrons. The minimum atomic E-state index is -2.13. The van der Waals surface area contributed by atoms with Gasteiger partial charge in [0.15, 0.2) is 31.3 Å². The van der Waals surface area contributed by atoms with Gasteiger partial charge >= 0.3 is 5.97 Å². The second kappa shape index (κ2) is 18.1. The van der Waals surface area contributed by atoms with Crippen LogP contribution in [0.5, 0.6) is 23.0 Å². The number of rotatable bonds is 18. The molecular weight excluding hydrogens is 773 g/mol. The van der Waals surface area contributed by atoms with E-state index in [-0.39, 0.29) is 77.9 Å². The highest BCUT2D eigenvalue weighted by Gasteiger charge is 2.46. The van der Waals surface area contributed by atoms with Gasteiger partial charge in [0.2, 0.25) is 0 Å². The second-order valence-electron chi connectivity index (χ2n) is 17.1. The van der Waals surface area contributed by atoms with E-state index in [9.17, 15) is 39.7 Å². The van der Waals surface area contributed by atoms with Crippen molar-refractivity contribution in [3.05, 3.63) is 67.8 Å². The number of carboxylic acids is 1. The molecule has 2 amide bonds. The molecule has 2 saturated heterocycles. The molecule has 2 aliphatic rings. The fourth-order valence-electron chi connectivity index (χ4n) is 6.83. The molecule has 0 radical (unpaired) electrons. The number of ether oxygens (including phenoxy) is 4. The molecule has 17 nitrogen and oxygen atoms in total. The molecule has 2 aromatic carbocycles. The summed E-state index contributed by atoms with van der Waals surface area (Å²) >= 11 is 0. The van der Waals surface area contributed by atoms with Crippen LogP contribution in [0.2, 0.25) is 18.1 Å². The first-order chi connectivity index (χ1) is 27.0. The third-order valence-corrected chi connectivity index (χ3v) is 15.6. The fourth-order valence-corrected chi connectivity index (χ4v) is 7.87. The van der Waals surface area contributed by atoms with Crippen LogP contribution in [0.25, 0.3) is 0 Å². The number of unbranched alkanes of at least 4 members (excludes halogenated alkanes) is 2. The highest BCUT2D eigenvalue weighted by molar-refractivity contribution is 6.74. The number of likely N-dealkylation sites (tertiary alicyclic amines) is 2. The molecule has 2 fully saturated rings. The summed E-state index contributed by atoms with van der Waals surface area (Å²) in [6, 6.07) is 3.38. The summed E-state index contributed by atoms with van der Waals surface area (Å²) in [6.45, 7) is 19.3. The molecule has 0 saturated carbocycles. The number of hydrogen-bond donors (Lipinski definition) is 1. The number of aliphatic carboxylic acids is 1. The summed E-state index contributed by atoms with van der Waals surface area (Å²) in [6.07, 6.45) is 2.29. The number of nitrogens with zero attached hydrogens (tertiary/aromatic N) is 4. The van der Waals surface area contributed by atoms with Crippen molar-refractivity contribution in [3.63, 3.8) is 0 Å². The molecule has 0 unspecified atom stereocenters. The SMILES string of the molecule is C=C1C[C@@H](CO[Si](C)(C)C(C)(C)C)N(C(=O)c2cc(OC)c(OCCCCCOc3cc([N+](=O)[O-])c(C(=O)N4CC(C)(C)C[C@H]4C(=O)O)cc3OC)cc2[N+](=O)[O-])C1. The number of carbonyl (C=O) groups is 3. The first-order valence-corrected chi connectivity index (χ1v) is 22.1. The van der Waals surface area contributed by atoms with Crippen LogP contribution < -0.4 is 18.9 Å². The molecule has 4 rings (SSSR count). The monoisotopic (exact) mass is 828 g/mol. The van der Waals surface area contributed by atoms with Crippen molar-refractivity contribution in [3.8, 4) is 23.0 Å². The number of carboxylic acid groups (broad SMARTS) is 1. The van der Waals surface area contributed by atoms with Crippen molar-refractivity contribution in [2.45, 2.75) is 96.9 Å². The molecule has 18 heteroatoms. The number of amides is 2. The lowest BCUT2D eigenvalue weighted by molar-refractivity contribution is -0.385. The van der Waals surface area contributed by atoms with E-state index in [1.165, 1.54) is 32.4 Å². The maximum atomic E-state index is 13.9. The summed E-state index contributed by atoms with van der Waals surface area (Å²) < 4.78 is 29.0. The molecule has 0 bridgehead atoms. The predicted octanol–water partition coefficient (Wildman–Crippen LogP) is 7.27. The number of nitro groups is 2. The fraction of sp³-hybridized carbons (Fsp3) is 0.575. The van der Waals surface area contributed by atoms with Crippen LogP contribution >= 0.6 is 0 Å². The Labute approximate surface area is 339 Å². The average molecular weight is 829 g/mol. The van der Waals surface area contributed by atoms with Crippen LogP contribution in [0.1, 0.15) is 87.4 Å². The molecule has 2 heterocycles. The van der Waals surface area contributed by atoms with E-state index in [2.05, 4.69) is 40.4 Å². The molecule has 0 aliphatic carbocycles. The summed E-state index contributed by atoms with van der Waals surface area (Å²) in [5.41, 5.74) is -1.05. The first-order valence-electron chi connectivity index (χ1n) is 19.2. The van der Waals surface area contributed by atoms with Gasteiger partial charge in [0.25, 0.3) is 23.2 Å². The highest BCUT2D eigenvalue weighted by Crippen LogP contribution is 2.41. The quantitative estimate of drug-likeness (QED) is 0.0516. The Kier molecular flexibility index (Phi) is 14.2. The third-order valence-electron chi connectivity index (χ3n) is 11.1. The van der Waals surface area contributed by atoms with E-state index in [1.54, 1.807) is 4.90 Å². The van der Waals surface area contributed by atoms with E-state index >= 15 is 0 Å². The zero-order valence-electron chi connectivity index (χ0n) is 34.9. The Morgan fingerprint density at radius 3 is 1.78 bits per heavy atom. The Hall–Kier alpha value is -5.23. The molecule has 2 aliphatic heterocycles. The Morgan fingerprint density at radius 2 is 1.34 bits per heavy atom. The lowest BCUT2D eigenvalue weighted by atomic mass is 9.91. The van der Waals surface area contributed by atoms with Crippen molar-refractivity contribution >= 4 is 37.5 Å². The van der Waals surface area contributed by atoms with Gasteiger partial charge < -0.3 is 38.3 Å². The Balaban J connectivity index is 1.38. The number of benzene rings is 2. The van der Waals surface area contributed by atoms with Gasteiger partial charge in [0, 0.05) is 25.2 Å². The van der Waals surface area contributed by atoms with Crippen molar-refractivity contribution < 1.29 is 52.7 Å². The van der Waals surface area contributed by atoms with Crippen LogP contribution in [0, 0.1) is 25.6 Å². The lowest BCUT2D eigenvalue weighted by Crippen LogP contribution is -2.46. The highest BCUT2D eigenvalue weighted by atomic mass is 28.4. The number of nitro benzene ring substituents is 2. The predicted molar refractivity (Wildman–Crippen MR) is 217 cm³/mol. The van der Waals surface area contributed by atoms with Gasteiger partial charge in [-0.05, 0) is 55.7 Å². The standard InChI is InChI=1S/C40H56N4O13Si/c1-25-16-26(23-57-58(9,10)39(2,3)4)41(22-25)36(45)27-17-32(53-7)34(19-29(27)43(49)50)55-14-12-11-13-15-56-35-20-30(44(51)52)28(18-33(35)54-8)37(46)42-24-40(5,6)21-31(42)38(47)48/h17-20,26,31H,1,11-16,21-24H2,2-10H3,(H,47,48)/t26-,31-/m0/s1. The van der Waals surface area contributed by atoms with Gasteiger partial charge in [-0.2, -0.15) is 0 Å². The zero-order valence-corrected chi connectivity index (χ0v) is 35.9. The first kappa shape index (κ1) is 45.5. The van der Waals surface area contributed by atoms with E-state index in [0.29, 0.717) is 32.3 Å². The number of methoxy groups -OCH3 is 2. The smallest absolute Gasteiger partial charge is 0.326 e. The maximum absolute atomic E-state index is 13.9. The average Bonchev–Trinajstić information content (AvgIpc) is 3.69. The van der Waals surface area contributed by atoms with Crippen LogP contribution in [-0.4, -0.2) is 110 Å². The van der Waals surface area contributed by atoms with Crippen LogP contribution in [0.4, 0.5) is 11.4 Å². The Morgan fingerprint density at radius 1 is 0.862 bits per heavy atom.